The summed E-state index contributed by atoms with van der Waals surface area (Å²) in [5, 5.41) is 18.5. The predicted molar refractivity (Wildman–Crippen MR) is 71.0 cm³/mol. The zero-order valence-electron chi connectivity index (χ0n) is 11.9. The van der Waals surface area contributed by atoms with Gasteiger partial charge in [-0.05, 0) is 27.7 Å². The van der Waals surface area contributed by atoms with Crippen LogP contribution in [0.15, 0.2) is 0 Å². The number of carbonyl (C=O) groups excluding carboxylic acids is 1. The van der Waals surface area contributed by atoms with Crippen molar-refractivity contribution in [2.75, 3.05) is 11.9 Å². The van der Waals surface area contributed by atoms with Gasteiger partial charge in [-0.25, -0.2) is 0 Å². The van der Waals surface area contributed by atoms with Gasteiger partial charge in [0.05, 0.1) is 23.6 Å². The first-order valence-corrected chi connectivity index (χ1v) is 5.93. The Hall–Kier alpha value is -1.89. The summed E-state index contributed by atoms with van der Waals surface area (Å²) in [4.78, 5) is 22.7. The topological polar surface area (TPSA) is 96.3 Å². The summed E-state index contributed by atoms with van der Waals surface area (Å²) in [6.45, 7) is 6.58. The molecule has 1 rings (SSSR count). The number of nitrogens with one attached hydrogen (secondary N) is 2. The number of hydrogen-bond donors (Lipinski definition) is 3. The molecule has 19 heavy (non-hydrogen) atoms. The van der Waals surface area contributed by atoms with Gasteiger partial charge in [-0.1, -0.05) is 0 Å². The number of carboxylic acids is 1. The van der Waals surface area contributed by atoms with Crippen LogP contribution < -0.4 is 10.6 Å². The predicted octanol–water partition coefficient (Wildman–Crippen LogP) is 0.428. The van der Waals surface area contributed by atoms with Gasteiger partial charge in [-0.3, -0.25) is 19.6 Å². The maximum absolute atomic E-state index is 11.8. The summed E-state index contributed by atoms with van der Waals surface area (Å²) in [6.07, 6.45) is 0. The Bertz CT molecular complexity index is 505. The first kappa shape index (κ1) is 15.2. The van der Waals surface area contributed by atoms with Crippen molar-refractivity contribution in [3.05, 3.63) is 11.4 Å². The number of rotatable bonds is 5. The number of aliphatic carboxylic acids is 1. The van der Waals surface area contributed by atoms with Crippen molar-refractivity contribution in [1.82, 2.24) is 15.1 Å². The Labute approximate surface area is 112 Å². The van der Waals surface area contributed by atoms with Crippen LogP contribution in [-0.4, -0.2) is 38.8 Å². The highest BCUT2D eigenvalue weighted by molar-refractivity contribution is 5.93. The average molecular weight is 268 g/mol. The van der Waals surface area contributed by atoms with E-state index in [0.29, 0.717) is 5.69 Å². The number of aromatic nitrogens is 2. The van der Waals surface area contributed by atoms with Gasteiger partial charge in [0, 0.05) is 7.05 Å². The van der Waals surface area contributed by atoms with E-state index in [-0.39, 0.29) is 12.5 Å². The van der Waals surface area contributed by atoms with Crippen molar-refractivity contribution < 1.29 is 14.7 Å². The molecule has 0 aliphatic carbocycles. The summed E-state index contributed by atoms with van der Waals surface area (Å²) in [6, 6.07) is 0. The molecule has 1 amide bonds. The highest BCUT2D eigenvalue weighted by atomic mass is 16.4. The lowest BCUT2D eigenvalue weighted by Crippen LogP contribution is -2.49. The molecule has 7 nitrogen and oxygen atoms in total. The Morgan fingerprint density at radius 3 is 2.37 bits per heavy atom. The molecule has 0 saturated carbocycles. The zero-order valence-corrected chi connectivity index (χ0v) is 11.9. The Kier molecular flexibility index (Phi) is 4.31. The number of nitrogens with zero attached hydrogens (tertiary/aromatic N) is 2. The fourth-order valence-electron chi connectivity index (χ4n) is 1.51. The van der Waals surface area contributed by atoms with E-state index in [1.165, 1.54) is 13.8 Å². The van der Waals surface area contributed by atoms with Crippen molar-refractivity contribution in [3.8, 4) is 0 Å². The quantitative estimate of drug-likeness (QED) is 0.719. The first-order valence-electron chi connectivity index (χ1n) is 5.93. The monoisotopic (exact) mass is 268 g/mol. The molecule has 0 unspecified atom stereocenters. The third-order valence-electron chi connectivity index (χ3n) is 3.00. The number of hydrogen-bond acceptors (Lipinski definition) is 4. The van der Waals surface area contributed by atoms with Gasteiger partial charge in [-0.2, -0.15) is 5.10 Å². The highest BCUT2D eigenvalue weighted by Crippen LogP contribution is 2.17. The summed E-state index contributed by atoms with van der Waals surface area (Å²) in [5.74, 6) is -1.30. The molecule has 0 aliphatic heterocycles. The molecule has 1 heterocycles. The van der Waals surface area contributed by atoms with Crippen molar-refractivity contribution in [2.45, 2.75) is 33.2 Å². The number of amides is 1. The normalized spacial score (nSPS) is 11.4. The first-order chi connectivity index (χ1) is 8.65. The van der Waals surface area contributed by atoms with Gasteiger partial charge in [0.1, 0.15) is 5.54 Å². The standard InChI is InChI=1S/C12H20N4O3/c1-7-10(8(2)16(5)15-7)14-9(17)6-13-12(3,4)11(18)19/h13H,6H2,1-5H3,(H,14,17)(H,18,19). The third kappa shape index (κ3) is 3.54. The number of carbonyl (C=O) groups is 2. The lowest BCUT2D eigenvalue weighted by atomic mass is 10.1. The second-order valence-electron chi connectivity index (χ2n) is 5.00. The Morgan fingerprint density at radius 1 is 1.37 bits per heavy atom. The van der Waals surface area contributed by atoms with Crippen LogP contribution in [0.4, 0.5) is 5.69 Å². The molecule has 0 saturated heterocycles. The third-order valence-corrected chi connectivity index (χ3v) is 3.00. The molecule has 0 spiro atoms. The molecule has 0 bridgehead atoms. The minimum absolute atomic E-state index is 0.0763. The average Bonchev–Trinajstić information content (AvgIpc) is 2.53. The van der Waals surface area contributed by atoms with Crippen LogP contribution in [0.2, 0.25) is 0 Å². The van der Waals surface area contributed by atoms with E-state index in [9.17, 15) is 9.59 Å². The van der Waals surface area contributed by atoms with Gasteiger partial charge in [0.2, 0.25) is 5.91 Å². The molecule has 0 fully saturated rings. The molecule has 0 aromatic carbocycles. The fourth-order valence-corrected chi connectivity index (χ4v) is 1.51. The van der Waals surface area contributed by atoms with Crippen molar-refractivity contribution >= 4 is 17.6 Å². The maximum atomic E-state index is 11.8. The van der Waals surface area contributed by atoms with Gasteiger partial charge >= 0.3 is 5.97 Å². The van der Waals surface area contributed by atoms with E-state index < -0.39 is 11.5 Å². The molecule has 106 valence electrons. The smallest absolute Gasteiger partial charge is 0.323 e. The van der Waals surface area contributed by atoms with E-state index in [4.69, 9.17) is 5.11 Å². The SMILES string of the molecule is Cc1nn(C)c(C)c1NC(=O)CNC(C)(C)C(=O)O. The van der Waals surface area contributed by atoms with E-state index in [1.54, 1.807) is 18.7 Å². The fraction of sp³-hybridized carbons (Fsp3) is 0.583. The van der Waals surface area contributed by atoms with Gasteiger partial charge in [0.25, 0.3) is 0 Å². The van der Waals surface area contributed by atoms with E-state index in [0.717, 1.165) is 11.4 Å². The van der Waals surface area contributed by atoms with Gasteiger partial charge in [0.15, 0.2) is 0 Å². The van der Waals surface area contributed by atoms with Gasteiger partial charge < -0.3 is 10.4 Å². The second-order valence-corrected chi connectivity index (χ2v) is 5.00. The van der Waals surface area contributed by atoms with Crippen molar-refractivity contribution in [1.29, 1.82) is 0 Å². The van der Waals surface area contributed by atoms with E-state index in [1.807, 2.05) is 6.92 Å². The molecule has 3 N–H and O–H groups in total. The van der Waals surface area contributed by atoms with Crippen LogP contribution in [0.3, 0.4) is 0 Å². The van der Waals surface area contributed by atoms with Crippen LogP contribution >= 0.6 is 0 Å². The largest absolute Gasteiger partial charge is 0.480 e. The van der Waals surface area contributed by atoms with Crippen LogP contribution in [0, 0.1) is 13.8 Å². The van der Waals surface area contributed by atoms with Crippen LogP contribution in [0.1, 0.15) is 25.2 Å². The van der Waals surface area contributed by atoms with Crippen LogP contribution in [-0.2, 0) is 16.6 Å². The van der Waals surface area contributed by atoms with Crippen LogP contribution in [0.5, 0.6) is 0 Å². The highest BCUT2D eigenvalue weighted by Gasteiger charge is 2.27. The Morgan fingerprint density at radius 2 is 1.95 bits per heavy atom. The molecule has 0 radical (unpaired) electrons. The van der Waals surface area contributed by atoms with Crippen LogP contribution in [0.25, 0.3) is 0 Å². The molecule has 0 atom stereocenters. The van der Waals surface area contributed by atoms with Gasteiger partial charge in [-0.15, -0.1) is 0 Å². The molecule has 1 aromatic heterocycles. The zero-order chi connectivity index (χ0) is 14.8. The minimum Gasteiger partial charge on any atom is -0.480 e. The maximum Gasteiger partial charge on any atom is 0.323 e. The summed E-state index contributed by atoms with van der Waals surface area (Å²) in [7, 11) is 1.80. The van der Waals surface area contributed by atoms with Crippen molar-refractivity contribution in [2.24, 2.45) is 7.05 Å². The molecule has 1 aromatic rings. The lowest BCUT2D eigenvalue weighted by Gasteiger charge is -2.20. The van der Waals surface area contributed by atoms with E-state index >= 15 is 0 Å². The summed E-state index contributed by atoms with van der Waals surface area (Å²) < 4.78 is 1.68. The summed E-state index contributed by atoms with van der Waals surface area (Å²) >= 11 is 0. The molecular weight excluding hydrogens is 248 g/mol. The van der Waals surface area contributed by atoms with E-state index in [2.05, 4.69) is 15.7 Å². The minimum atomic E-state index is -1.14. The number of anilines is 1. The lowest BCUT2D eigenvalue weighted by molar-refractivity contribution is -0.143. The molecule has 0 aliphatic rings. The number of carboxylic acid groups (broad SMARTS) is 1. The summed E-state index contributed by atoms with van der Waals surface area (Å²) in [5.41, 5.74) is 1.10. The van der Waals surface area contributed by atoms with Crippen molar-refractivity contribution in [3.63, 3.8) is 0 Å². The number of aryl methyl sites for hydroxylation is 2. The molecule has 7 heteroatoms. The Balaban J connectivity index is 2.64. The molecular formula is C12H20N4O3. The second kappa shape index (κ2) is 5.40.